The van der Waals surface area contributed by atoms with E-state index in [1.807, 2.05) is 0 Å². The third-order valence-corrected chi connectivity index (χ3v) is 3.64. The van der Waals surface area contributed by atoms with Crippen LogP contribution in [-0.2, 0) is 0 Å². The van der Waals surface area contributed by atoms with Crippen molar-refractivity contribution in [2.24, 2.45) is 5.92 Å². The van der Waals surface area contributed by atoms with Crippen LogP contribution < -0.4 is 5.32 Å². The van der Waals surface area contributed by atoms with Crippen LogP contribution in [0.2, 0.25) is 0 Å². The van der Waals surface area contributed by atoms with Gasteiger partial charge >= 0.3 is 0 Å². The van der Waals surface area contributed by atoms with E-state index in [1.165, 1.54) is 24.8 Å². The lowest BCUT2D eigenvalue weighted by Gasteiger charge is -2.23. The Hall–Kier alpha value is -1.08. The number of hydrogen-bond acceptors (Lipinski definition) is 1. The summed E-state index contributed by atoms with van der Waals surface area (Å²) in [6, 6.07) is 11.7. The van der Waals surface area contributed by atoms with Crippen LogP contribution >= 0.6 is 0 Å². The molecule has 0 saturated heterocycles. The van der Waals surface area contributed by atoms with E-state index in [-0.39, 0.29) is 0 Å². The first-order valence-electron chi connectivity index (χ1n) is 6.25. The third kappa shape index (κ3) is 2.53. The van der Waals surface area contributed by atoms with E-state index in [4.69, 9.17) is 0 Å². The molecule has 0 radical (unpaired) electrons. The van der Waals surface area contributed by atoms with Gasteiger partial charge in [0.2, 0.25) is 0 Å². The normalized spacial score (nSPS) is 26.6. The molecule has 3 unspecified atom stereocenters. The molecule has 1 aromatic rings. The van der Waals surface area contributed by atoms with E-state index in [0.29, 0.717) is 18.0 Å². The van der Waals surface area contributed by atoms with E-state index in [1.54, 1.807) is 0 Å². The lowest BCUT2D eigenvalue weighted by atomic mass is 10.0. The van der Waals surface area contributed by atoms with Crippen LogP contribution in [0.25, 0.3) is 0 Å². The fourth-order valence-electron chi connectivity index (χ4n) is 2.64. The molecule has 16 heavy (non-hydrogen) atoms. The molecule has 86 valence electrons. The monoisotopic (exact) mass is 215 g/mol. The van der Waals surface area contributed by atoms with Crippen LogP contribution in [-0.4, -0.2) is 6.04 Å². The first-order chi connectivity index (χ1) is 7.81. The maximum atomic E-state index is 3.93. The molecule has 0 amide bonds. The van der Waals surface area contributed by atoms with E-state index in [0.717, 1.165) is 0 Å². The zero-order valence-corrected chi connectivity index (χ0v) is 10.0. The van der Waals surface area contributed by atoms with Gasteiger partial charge in [-0.3, -0.25) is 0 Å². The fourth-order valence-corrected chi connectivity index (χ4v) is 2.64. The van der Waals surface area contributed by atoms with Gasteiger partial charge in [-0.1, -0.05) is 42.8 Å². The van der Waals surface area contributed by atoms with E-state index in [2.05, 4.69) is 55.2 Å². The molecule has 1 saturated carbocycles. The van der Waals surface area contributed by atoms with Crippen molar-refractivity contribution >= 4 is 0 Å². The minimum absolute atomic E-state index is 0.437. The minimum Gasteiger partial charge on any atom is -0.307 e. The average molecular weight is 215 g/mol. The summed E-state index contributed by atoms with van der Waals surface area (Å²) >= 11 is 0. The van der Waals surface area contributed by atoms with Crippen LogP contribution in [0.5, 0.6) is 0 Å². The molecule has 1 nitrogen and oxygen atoms in total. The van der Waals surface area contributed by atoms with E-state index in [9.17, 15) is 0 Å². The molecular weight excluding hydrogens is 194 g/mol. The molecule has 1 aliphatic carbocycles. The van der Waals surface area contributed by atoms with Crippen LogP contribution in [0, 0.1) is 5.92 Å². The van der Waals surface area contributed by atoms with Crippen molar-refractivity contribution in [1.82, 2.24) is 5.32 Å². The molecule has 0 aliphatic heterocycles. The molecule has 1 heteroatoms. The molecule has 1 fully saturated rings. The summed E-state index contributed by atoms with van der Waals surface area (Å²) in [7, 11) is 0. The lowest BCUT2D eigenvalue weighted by molar-refractivity contribution is 0.413. The summed E-state index contributed by atoms with van der Waals surface area (Å²) in [5.41, 5.74) is 1.37. The van der Waals surface area contributed by atoms with Crippen LogP contribution in [0.4, 0.5) is 0 Å². The average Bonchev–Trinajstić information content (AvgIpc) is 2.77. The summed E-state index contributed by atoms with van der Waals surface area (Å²) in [4.78, 5) is 0. The standard InChI is InChI=1S/C15H21N/c1-3-13-10-7-11-15(13)16-12(2)14-8-5-4-6-9-14/h3-6,8-9,12-13,15-16H,1,7,10-11H2,2H3. The molecule has 1 aromatic carbocycles. The van der Waals surface area contributed by atoms with Crippen molar-refractivity contribution in [1.29, 1.82) is 0 Å². The Morgan fingerprint density at radius 1 is 1.31 bits per heavy atom. The molecule has 0 aromatic heterocycles. The smallest absolute Gasteiger partial charge is 0.0294 e. The van der Waals surface area contributed by atoms with Gasteiger partial charge in [-0.05, 0) is 31.2 Å². The molecule has 0 heterocycles. The number of benzene rings is 1. The van der Waals surface area contributed by atoms with Crippen molar-refractivity contribution in [3.8, 4) is 0 Å². The zero-order chi connectivity index (χ0) is 11.4. The van der Waals surface area contributed by atoms with Gasteiger partial charge in [0.15, 0.2) is 0 Å². The summed E-state index contributed by atoms with van der Waals surface area (Å²) in [5.74, 6) is 0.658. The molecule has 2 rings (SSSR count). The van der Waals surface area contributed by atoms with Gasteiger partial charge in [0.1, 0.15) is 0 Å². The van der Waals surface area contributed by atoms with Gasteiger partial charge < -0.3 is 5.32 Å². The Morgan fingerprint density at radius 3 is 2.75 bits per heavy atom. The highest BCUT2D eigenvalue weighted by atomic mass is 15.0. The molecule has 0 bridgehead atoms. The van der Waals surface area contributed by atoms with Gasteiger partial charge in [-0.15, -0.1) is 6.58 Å². The quantitative estimate of drug-likeness (QED) is 0.755. The van der Waals surface area contributed by atoms with E-state index < -0.39 is 0 Å². The Bertz CT molecular complexity index is 331. The van der Waals surface area contributed by atoms with Crippen molar-refractivity contribution in [2.45, 2.75) is 38.3 Å². The highest BCUT2D eigenvalue weighted by molar-refractivity contribution is 5.18. The van der Waals surface area contributed by atoms with E-state index >= 15 is 0 Å². The first kappa shape index (κ1) is 11.4. The Morgan fingerprint density at radius 2 is 2.06 bits per heavy atom. The predicted octanol–water partition coefficient (Wildman–Crippen LogP) is 3.69. The third-order valence-electron chi connectivity index (χ3n) is 3.64. The van der Waals surface area contributed by atoms with Crippen LogP contribution in [0.1, 0.15) is 37.8 Å². The van der Waals surface area contributed by atoms with Crippen molar-refractivity contribution in [3.63, 3.8) is 0 Å². The van der Waals surface area contributed by atoms with Crippen molar-refractivity contribution in [2.75, 3.05) is 0 Å². The highest BCUT2D eigenvalue weighted by Gasteiger charge is 2.25. The second-order valence-electron chi connectivity index (χ2n) is 4.74. The second kappa shape index (κ2) is 5.31. The summed E-state index contributed by atoms with van der Waals surface area (Å²) in [5, 5.41) is 3.72. The number of nitrogens with one attached hydrogen (secondary N) is 1. The van der Waals surface area contributed by atoms with Crippen LogP contribution in [0.15, 0.2) is 43.0 Å². The second-order valence-corrected chi connectivity index (χ2v) is 4.74. The molecular formula is C15H21N. The number of hydrogen-bond donors (Lipinski definition) is 1. The first-order valence-corrected chi connectivity index (χ1v) is 6.25. The Labute approximate surface area is 98.6 Å². The van der Waals surface area contributed by atoms with Gasteiger partial charge in [-0.2, -0.15) is 0 Å². The summed E-state index contributed by atoms with van der Waals surface area (Å²) in [6.07, 6.45) is 6.02. The topological polar surface area (TPSA) is 12.0 Å². The summed E-state index contributed by atoms with van der Waals surface area (Å²) < 4.78 is 0. The van der Waals surface area contributed by atoms with Crippen molar-refractivity contribution in [3.05, 3.63) is 48.6 Å². The van der Waals surface area contributed by atoms with Gasteiger partial charge in [0, 0.05) is 12.1 Å². The molecule has 1 N–H and O–H groups in total. The number of rotatable bonds is 4. The summed E-state index contributed by atoms with van der Waals surface area (Å²) in [6.45, 7) is 6.18. The maximum absolute atomic E-state index is 3.93. The SMILES string of the molecule is C=CC1CCCC1NC(C)c1ccccc1. The van der Waals surface area contributed by atoms with Gasteiger partial charge in [-0.25, -0.2) is 0 Å². The van der Waals surface area contributed by atoms with Gasteiger partial charge in [0.25, 0.3) is 0 Å². The minimum atomic E-state index is 0.437. The largest absolute Gasteiger partial charge is 0.307 e. The molecule has 3 atom stereocenters. The zero-order valence-electron chi connectivity index (χ0n) is 10.0. The molecule has 1 aliphatic rings. The lowest BCUT2D eigenvalue weighted by Crippen LogP contribution is -2.33. The van der Waals surface area contributed by atoms with Gasteiger partial charge in [0.05, 0.1) is 0 Å². The Balaban J connectivity index is 1.97. The Kier molecular flexibility index (Phi) is 3.79. The predicted molar refractivity (Wildman–Crippen MR) is 69.3 cm³/mol. The van der Waals surface area contributed by atoms with Crippen molar-refractivity contribution < 1.29 is 0 Å². The molecule has 0 spiro atoms. The van der Waals surface area contributed by atoms with Crippen LogP contribution in [0.3, 0.4) is 0 Å². The maximum Gasteiger partial charge on any atom is 0.0294 e. The fraction of sp³-hybridized carbons (Fsp3) is 0.467. The highest BCUT2D eigenvalue weighted by Crippen LogP contribution is 2.28.